The molecule has 0 aromatic heterocycles. The van der Waals surface area contributed by atoms with Crippen LogP contribution in [-0.2, 0) is 14.3 Å². The van der Waals surface area contributed by atoms with E-state index in [1.54, 1.807) is 6.92 Å². The summed E-state index contributed by atoms with van der Waals surface area (Å²) in [5.74, 6) is -1.18. The van der Waals surface area contributed by atoms with Gasteiger partial charge >= 0.3 is 12.1 Å². The molecule has 0 bridgehead atoms. The summed E-state index contributed by atoms with van der Waals surface area (Å²) in [6.45, 7) is 2.07. The summed E-state index contributed by atoms with van der Waals surface area (Å²) in [6.07, 6.45) is 2.42. The van der Waals surface area contributed by atoms with Crippen molar-refractivity contribution in [2.45, 2.75) is 51.0 Å². The van der Waals surface area contributed by atoms with E-state index in [2.05, 4.69) is 34.9 Å². The predicted octanol–water partition coefficient (Wildman–Crippen LogP) is 4.06. The largest absolute Gasteiger partial charge is 0.481 e. The van der Waals surface area contributed by atoms with Crippen molar-refractivity contribution in [1.29, 1.82) is 0 Å². The zero-order valence-electron chi connectivity index (χ0n) is 18.8. The molecule has 7 heteroatoms. The number of nitrogens with one attached hydrogen (secondary N) is 2. The molecule has 2 aliphatic rings. The highest BCUT2D eigenvalue weighted by atomic mass is 16.5. The first-order chi connectivity index (χ1) is 15.9. The number of aliphatic carboxylic acids is 1. The van der Waals surface area contributed by atoms with Crippen LogP contribution in [0.25, 0.3) is 11.1 Å². The monoisotopic (exact) mass is 450 g/mol. The van der Waals surface area contributed by atoms with Gasteiger partial charge in [0.25, 0.3) is 0 Å². The number of rotatable bonds is 8. The molecule has 174 valence electrons. The highest BCUT2D eigenvalue weighted by Crippen LogP contribution is 2.44. The molecular weight excluding hydrogens is 420 g/mol. The van der Waals surface area contributed by atoms with Crippen LogP contribution >= 0.6 is 0 Å². The Labute approximate surface area is 193 Å². The molecular formula is C26H30N2O5. The van der Waals surface area contributed by atoms with Gasteiger partial charge in [-0.2, -0.15) is 0 Å². The van der Waals surface area contributed by atoms with E-state index >= 15 is 0 Å². The molecule has 1 saturated carbocycles. The van der Waals surface area contributed by atoms with Crippen molar-refractivity contribution in [1.82, 2.24) is 10.6 Å². The molecule has 0 aliphatic heterocycles. The number of hydrogen-bond acceptors (Lipinski definition) is 4. The van der Waals surface area contributed by atoms with Crippen LogP contribution in [0.2, 0.25) is 0 Å². The molecule has 2 aromatic rings. The second-order valence-corrected chi connectivity index (χ2v) is 9.14. The first kappa shape index (κ1) is 22.8. The number of amides is 2. The van der Waals surface area contributed by atoms with E-state index < -0.39 is 23.5 Å². The van der Waals surface area contributed by atoms with Gasteiger partial charge in [-0.25, -0.2) is 4.79 Å². The van der Waals surface area contributed by atoms with Gasteiger partial charge in [-0.3, -0.25) is 9.59 Å². The van der Waals surface area contributed by atoms with E-state index in [9.17, 15) is 14.4 Å². The van der Waals surface area contributed by atoms with Crippen LogP contribution in [0.3, 0.4) is 0 Å². The fraction of sp³-hybridized carbons (Fsp3) is 0.423. The van der Waals surface area contributed by atoms with Crippen LogP contribution in [0.15, 0.2) is 48.5 Å². The van der Waals surface area contributed by atoms with Crippen molar-refractivity contribution in [3.63, 3.8) is 0 Å². The molecule has 33 heavy (non-hydrogen) atoms. The minimum Gasteiger partial charge on any atom is -0.481 e. The smallest absolute Gasteiger partial charge is 0.407 e. The Hall–Kier alpha value is -3.35. The van der Waals surface area contributed by atoms with Crippen LogP contribution in [0, 0.1) is 5.41 Å². The Morgan fingerprint density at radius 2 is 1.61 bits per heavy atom. The maximum Gasteiger partial charge on any atom is 0.407 e. The van der Waals surface area contributed by atoms with Crippen LogP contribution < -0.4 is 10.6 Å². The molecule has 4 rings (SSSR count). The lowest BCUT2D eigenvalue weighted by Gasteiger charge is -2.29. The van der Waals surface area contributed by atoms with Crippen molar-refractivity contribution in [2.75, 3.05) is 13.2 Å². The third-order valence-corrected chi connectivity index (χ3v) is 6.82. The molecule has 1 atom stereocenters. The number of ether oxygens (including phenoxy) is 1. The molecule has 2 aromatic carbocycles. The lowest BCUT2D eigenvalue weighted by Crippen LogP contribution is -2.49. The van der Waals surface area contributed by atoms with E-state index in [1.165, 1.54) is 11.1 Å². The van der Waals surface area contributed by atoms with Crippen LogP contribution in [-0.4, -0.2) is 42.3 Å². The molecule has 0 unspecified atom stereocenters. The summed E-state index contributed by atoms with van der Waals surface area (Å²) in [7, 11) is 0. The summed E-state index contributed by atoms with van der Waals surface area (Å²) in [5, 5.41) is 14.5. The summed E-state index contributed by atoms with van der Waals surface area (Å²) >= 11 is 0. The van der Waals surface area contributed by atoms with Gasteiger partial charge < -0.3 is 20.5 Å². The Morgan fingerprint density at radius 3 is 2.18 bits per heavy atom. The standard InChI is InChI=1S/C26H30N2O5/c1-17(14-23(29)30)28-24(31)26(12-6-7-13-26)16-27-25(32)33-15-22-20-10-4-2-8-18(20)19-9-3-5-11-21(19)22/h2-5,8-11,17,22H,6-7,12-16H2,1H3,(H,27,32)(H,28,31)(H,29,30)/t17-/m1/s1. The highest BCUT2D eigenvalue weighted by Gasteiger charge is 2.42. The average molecular weight is 451 g/mol. The van der Waals surface area contributed by atoms with Gasteiger partial charge in [0.1, 0.15) is 6.61 Å². The summed E-state index contributed by atoms with van der Waals surface area (Å²) in [5.41, 5.74) is 3.90. The molecule has 7 nitrogen and oxygen atoms in total. The second-order valence-electron chi connectivity index (χ2n) is 9.14. The van der Waals surface area contributed by atoms with Crippen molar-refractivity contribution >= 4 is 18.0 Å². The lowest BCUT2D eigenvalue weighted by atomic mass is 9.84. The number of alkyl carbamates (subject to hydrolysis) is 1. The number of carboxylic acid groups (broad SMARTS) is 1. The molecule has 2 amide bonds. The minimum atomic E-state index is -0.958. The fourth-order valence-corrected chi connectivity index (χ4v) is 5.12. The number of fused-ring (bicyclic) bond motifs is 3. The number of carboxylic acids is 1. The van der Waals surface area contributed by atoms with Crippen LogP contribution in [0.5, 0.6) is 0 Å². The summed E-state index contributed by atoms with van der Waals surface area (Å²) < 4.78 is 5.60. The van der Waals surface area contributed by atoms with Gasteiger partial charge in [0, 0.05) is 18.5 Å². The van der Waals surface area contributed by atoms with Gasteiger partial charge in [0.15, 0.2) is 0 Å². The number of hydrogen-bond donors (Lipinski definition) is 3. The Morgan fingerprint density at radius 1 is 1.03 bits per heavy atom. The number of carbonyl (C=O) groups is 3. The second kappa shape index (κ2) is 9.65. The maximum atomic E-state index is 12.9. The molecule has 3 N–H and O–H groups in total. The van der Waals surface area contributed by atoms with E-state index in [4.69, 9.17) is 9.84 Å². The number of benzene rings is 2. The van der Waals surface area contributed by atoms with E-state index in [0.717, 1.165) is 24.0 Å². The Bertz CT molecular complexity index is 999. The number of carbonyl (C=O) groups excluding carboxylic acids is 2. The summed E-state index contributed by atoms with van der Waals surface area (Å²) in [4.78, 5) is 36.4. The van der Waals surface area contributed by atoms with Crippen molar-refractivity contribution in [3.8, 4) is 11.1 Å². The van der Waals surface area contributed by atoms with Gasteiger partial charge in [0.05, 0.1) is 11.8 Å². The van der Waals surface area contributed by atoms with E-state index in [1.807, 2.05) is 24.3 Å². The molecule has 0 spiro atoms. The first-order valence-electron chi connectivity index (χ1n) is 11.5. The molecule has 0 saturated heterocycles. The quantitative estimate of drug-likeness (QED) is 0.562. The fourth-order valence-electron chi connectivity index (χ4n) is 5.12. The molecule has 2 aliphatic carbocycles. The predicted molar refractivity (Wildman–Crippen MR) is 124 cm³/mol. The van der Waals surface area contributed by atoms with E-state index in [0.29, 0.717) is 12.8 Å². The van der Waals surface area contributed by atoms with Crippen LogP contribution in [0.1, 0.15) is 56.1 Å². The third-order valence-electron chi connectivity index (χ3n) is 6.82. The van der Waals surface area contributed by atoms with Gasteiger partial charge in [-0.05, 0) is 42.0 Å². The minimum absolute atomic E-state index is 0.0243. The average Bonchev–Trinajstić information content (AvgIpc) is 3.40. The molecule has 0 heterocycles. The van der Waals surface area contributed by atoms with Crippen molar-refractivity contribution in [2.24, 2.45) is 5.41 Å². The summed E-state index contributed by atoms with van der Waals surface area (Å²) in [6, 6.07) is 15.8. The normalized spacial score (nSPS) is 17.0. The highest BCUT2D eigenvalue weighted by molar-refractivity contribution is 5.84. The maximum absolute atomic E-state index is 12.9. The third kappa shape index (κ3) is 4.87. The van der Waals surface area contributed by atoms with Gasteiger partial charge in [-0.1, -0.05) is 61.4 Å². The SMILES string of the molecule is C[C@H](CC(=O)O)NC(=O)C1(CNC(=O)OCC2c3ccccc3-c3ccccc32)CCCC1. The van der Waals surface area contributed by atoms with Gasteiger partial charge in [0.2, 0.25) is 5.91 Å². The first-order valence-corrected chi connectivity index (χ1v) is 11.5. The Kier molecular flexibility index (Phi) is 6.67. The van der Waals surface area contributed by atoms with Crippen molar-refractivity contribution in [3.05, 3.63) is 59.7 Å². The van der Waals surface area contributed by atoms with Crippen LogP contribution in [0.4, 0.5) is 4.79 Å². The Balaban J connectivity index is 1.36. The van der Waals surface area contributed by atoms with E-state index in [-0.39, 0.29) is 31.4 Å². The van der Waals surface area contributed by atoms with Gasteiger partial charge in [-0.15, -0.1) is 0 Å². The molecule has 0 radical (unpaired) electrons. The zero-order chi connectivity index (χ0) is 23.4. The topological polar surface area (TPSA) is 105 Å². The van der Waals surface area contributed by atoms with Crippen molar-refractivity contribution < 1.29 is 24.2 Å². The lowest BCUT2D eigenvalue weighted by molar-refractivity contribution is -0.138. The molecule has 1 fully saturated rings. The zero-order valence-corrected chi connectivity index (χ0v) is 18.8.